The fourth-order valence-corrected chi connectivity index (χ4v) is 3.49. The van der Waals surface area contributed by atoms with Gasteiger partial charge >= 0.3 is 0 Å². The summed E-state index contributed by atoms with van der Waals surface area (Å²) >= 11 is 1.45. The first-order valence-electron chi connectivity index (χ1n) is 8.44. The molecule has 0 fully saturated rings. The molecule has 28 heavy (non-hydrogen) atoms. The van der Waals surface area contributed by atoms with Crippen molar-refractivity contribution < 1.29 is 14.6 Å². The van der Waals surface area contributed by atoms with Crippen molar-refractivity contribution in [1.82, 2.24) is 15.3 Å². The van der Waals surface area contributed by atoms with Gasteiger partial charge in [0.25, 0.3) is 5.91 Å². The average Bonchev–Trinajstić information content (AvgIpc) is 3.11. The van der Waals surface area contributed by atoms with E-state index < -0.39 is 0 Å². The van der Waals surface area contributed by atoms with Crippen molar-refractivity contribution in [2.75, 3.05) is 12.4 Å². The predicted octanol–water partition coefficient (Wildman–Crippen LogP) is 4.29. The highest BCUT2D eigenvalue weighted by molar-refractivity contribution is 7.22. The van der Waals surface area contributed by atoms with Crippen molar-refractivity contribution >= 4 is 38.3 Å². The maximum atomic E-state index is 11.7. The highest BCUT2D eigenvalue weighted by Crippen LogP contribution is 2.34. The van der Waals surface area contributed by atoms with Crippen LogP contribution in [0.2, 0.25) is 0 Å². The van der Waals surface area contributed by atoms with Crippen LogP contribution in [-0.2, 0) is 0 Å². The number of hydrogen-bond acceptors (Lipinski definition) is 7. The van der Waals surface area contributed by atoms with Gasteiger partial charge in [-0.05, 0) is 30.3 Å². The van der Waals surface area contributed by atoms with E-state index in [4.69, 9.17) is 4.74 Å². The first-order valence-corrected chi connectivity index (χ1v) is 9.25. The molecular weight excluding hydrogens is 376 g/mol. The smallest absolute Gasteiger partial charge is 0.269 e. The Balaban J connectivity index is 1.57. The van der Waals surface area contributed by atoms with Crippen LogP contribution in [0.1, 0.15) is 10.5 Å². The Morgan fingerprint density at radius 3 is 2.75 bits per heavy atom. The number of aromatic hydroxyl groups is 1. The normalized spacial score (nSPS) is 10.6. The highest BCUT2D eigenvalue weighted by Gasteiger charge is 2.10. The average molecular weight is 392 g/mol. The molecule has 0 radical (unpaired) electrons. The largest absolute Gasteiger partial charge is 0.506 e. The first kappa shape index (κ1) is 17.7. The number of carbonyl (C=O) groups is 1. The number of nitrogens with one attached hydrogen (secondary N) is 2. The Morgan fingerprint density at radius 1 is 1.11 bits per heavy atom. The van der Waals surface area contributed by atoms with Crippen LogP contribution in [-0.4, -0.2) is 28.0 Å². The number of aromatic nitrogens is 2. The maximum absolute atomic E-state index is 11.7. The monoisotopic (exact) mass is 392 g/mol. The van der Waals surface area contributed by atoms with E-state index in [0.29, 0.717) is 22.3 Å². The summed E-state index contributed by atoms with van der Waals surface area (Å²) in [5.41, 5.74) is 1.70. The zero-order valence-corrected chi connectivity index (χ0v) is 15.7. The lowest BCUT2D eigenvalue weighted by molar-refractivity contribution is 0.0958. The van der Waals surface area contributed by atoms with Gasteiger partial charge in [0.15, 0.2) is 5.13 Å². The van der Waals surface area contributed by atoms with E-state index in [2.05, 4.69) is 20.6 Å². The molecule has 140 valence electrons. The summed E-state index contributed by atoms with van der Waals surface area (Å²) in [5.74, 6) is 1.03. The predicted molar refractivity (Wildman–Crippen MR) is 109 cm³/mol. The second-order valence-corrected chi connectivity index (χ2v) is 6.88. The summed E-state index contributed by atoms with van der Waals surface area (Å²) in [6, 6.07) is 15.8. The third kappa shape index (κ3) is 3.72. The van der Waals surface area contributed by atoms with Crippen molar-refractivity contribution in [3.05, 3.63) is 66.5 Å². The zero-order chi connectivity index (χ0) is 19.5. The SMILES string of the molecule is CNC(=O)c1cc(Oc2ccc3nc(Nc4ccccc4O)sc3c2)ccn1. The molecule has 2 aromatic heterocycles. The van der Waals surface area contributed by atoms with E-state index >= 15 is 0 Å². The van der Waals surface area contributed by atoms with Gasteiger partial charge in [-0.3, -0.25) is 9.78 Å². The molecule has 0 aliphatic heterocycles. The van der Waals surface area contributed by atoms with Crippen LogP contribution in [0.15, 0.2) is 60.8 Å². The number of phenolic OH excluding ortho intramolecular Hbond substituents is 1. The van der Waals surface area contributed by atoms with Crippen LogP contribution in [0.4, 0.5) is 10.8 Å². The van der Waals surface area contributed by atoms with E-state index in [9.17, 15) is 9.90 Å². The van der Waals surface area contributed by atoms with Gasteiger partial charge in [-0.25, -0.2) is 4.98 Å². The zero-order valence-electron chi connectivity index (χ0n) is 14.8. The van der Waals surface area contributed by atoms with Crippen LogP contribution in [0.3, 0.4) is 0 Å². The van der Waals surface area contributed by atoms with Crippen LogP contribution >= 0.6 is 11.3 Å². The molecule has 0 spiro atoms. The van der Waals surface area contributed by atoms with Gasteiger partial charge in [-0.2, -0.15) is 0 Å². The summed E-state index contributed by atoms with van der Waals surface area (Å²) in [7, 11) is 1.55. The second kappa shape index (κ2) is 7.53. The molecule has 8 heteroatoms. The molecule has 0 bridgehead atoms. The highest BCUT2D eigenvalue weighted by atomic mass is 32.1. The van der Waals surface area contributed by atoms with Crippen molar-refractivity contribution in [3.8, 4) is 17.2 Å². The molecule has 0 saturated heterocycles. The van der Waals surface area contributed by atoms with Crippen molar-refractivity contribution in [2.45, 2.75) is 0 Å². The van der Waals surface area contributed by atoms with Gasteiger partial charge in [0, 0.05) is 25.4 Å². The molecule has 3 N–H and O–H groups in total. The second-order valence-electron chi connectivity index (χ2n) is 5.85. The topological polar surface area (TPSA) is 96.4 Å². The fraction of sp³-hybridized carbons (Fsp3) is 0.0500. The molecule has 4 rings (SSSR count). The molecule has 0 unspecified atom stereocenters. The minimum Gasteiger partial charge on any atom is -0.506 e. The van der Waals surface area contributed by atoms with E-state index in [0.717, 1.165) is 10.2 Å². The summed E-state index contributed by atoms with van der Waals surface area (Å²) in [4.78, 5) is 20.3. The van der Waals surface area contributed by atoms with Crippen molar-refractivity contribution in [1.29, 1.82) is 0 Å². The van der Waals surface area contributed by atoms with Crippen molar-refractivity contribution in [3.63, 3.8) is 0 Å². The Bertz CT molecular complexity index is 1160. The fourth-order valence-electron chi connectivity index (χ4n) is 2.58. The number of benzene rings is 2. The Hall–Kier alpha value is -3.65. The molecule has 0 saturated carbocycles. The maximum Gasteiger partial charge on any atom is 0.269 e. The minimum atomic E-state index is -0.275. The number of rotatable bonds is 5. The summed E-state index contributed by atoms with van der Waals surface area (Å²) < 4.78 is 6.79. The number of pyridine rings is 1. The number of thiazole rings is 1. The van der Waals surface area contributed by atoms with Gasteiger partial charge in [0.2, 0.25) is 0 Å². The molecular formula is C20H16N4O3S. The van der Waals surface area contributed by atoms with Gasteiger partial charge in [0.05, 0.1) is 15.9 Å². The Labute approximate surface area is 164 Å². The molecule has 0 aliphatic carbocycles. The first-order chi connectivity index (χ1) is 13.6. The molecule has 1 amide bonds. The molecule has 2 heterocycles. The number of anilines is 2. The minimum absolute atomic E-state index is 0.162. The van der Waals surface area contributed by atoms with Crippen LogP contribution in [0, 0.1) is 0 Å². The van der Waals surface area contributed by atoms with E-state index in [1.54, 1.807) is 37.4 Å². The summed E-state index contributed by atoms with van der Waals surface area (Å²) in [5, 5.41) is 16.2. The number of phenols is 1. The number of carbonyl (C=O) groups excluding carboxylic acids is 1. The van der Waals surface area contributed by atoms with Crippen LogP contribution in [0.25, 0.3) is 10.2 Å². The third-order valence-corrected chi connectivity index (χ3v) is 4.87. The van der Waals surface area contributed by atoms with E-state index in [1.807, 2.05) is 24.3 Å². The van der Waals surface area contributed by atoms with Gasteiger partial charge in [-0.15, -0.1) is 0 Å². The van der Waals surface area contributed by atoms with E-state index in [-0.39, 0.29) is 17.4 Å². The number of para-hydroxylation sites is 2. The van der Waals surface area contributed by atoms with Gasteiger partial charge in [-0.1, -0.05) is 23.5 Å². The third-order valence-electron chi connectivity index (χ3n) is 3.93. The molecule has 4 aromatic rings. The molecule has 0 atom stereocenters. The summed E-state index contributed by atoms with van der Waals surface area (Å²) in [6.07, 6.45) is 1.53. The van der Waals surface area contributed by atoms with Gasteiger partial charge in [0.1, 0.15) is 22.9 Å². The van der Waals surface area contributed by atoms with Crippen LogP contribution in [0.5, 0.6) is 17.2 Å². The standard InChI is InChI=1S/C20H16N4O3S/c1-21-19(26)16-10-13(8-9-22-16)27-12-6-7-15-18(11-12)28-20(24-15)23-14-4-2-3-5-17(14)25/h2-11,25H,1H3,(H,21,26)(H,23,24). The Morgan fingerprint density at radius 2 is 1.93 bits per heavy atom. The molecule has 0 aliphatic rings. The number of hydrogen-bond donors (Lipinski definition) is 3. The van der Waals surface area contributed by atoms with Gasteiger partial charge < -0.3 is 20.5 Å². The summed E-state index contributed by atoms with van der Waals surface area (Å²) in [6.45, 7) is 0. The Kier molecular flexibility index (Phi) is 4.77. The van der Waals surface area contributed by atoms with E-state index in [1.165, 1.54) is 17.5 Å². The lowest BCUT2D eigenvalue weighted by Gasteiger charge is -2.06. The number of fused-ring (bicyclic) bond motifs is 1. The van der Waals surface area contributed by atoms with Crippen molar-refractivity contribution in [2.24, 2.45) is 0 Å². The quantitative estimate of drug-likeness (QED) is 0.439. The number of nitrogens with zero attached hydrogens (tertiary/aromatic N) is 2. The number of ether oxygens (including phenoxy) is 1. The lowest BCUT2D eigenvalue weighted by Crippen LogP contribution is -2.18. The molecule has 2 aromatic carbocycles. The van der Waals surface area contributed by atoms with Crippen LogP contribution < -0.4 is 15.4 Å². The number of amides is 1. The molecule has 7 nitrogen and oxygen atoms in total. The lowest BCUT2D eigenvalue weighted by atomic mass is 10.3.